The lowest BCUT2D eigenvalue weighted by atomic mass is 10.3. The number of hydrogen-bond donors (Lipinski definition) is 1. The molecule has 0 bridgehead atoms. The van der Waals surface area contributed by atoms with E-state index in [4.69, 9.17) is 4.42 Å². The van der Waals surface area contributed by atoms with Gasteiger partial charge in [0.15, 0.2) is 4.67 Å². The van der Waals surface area contributed by atoms with Gasteiger partial charge in [-0.25, -0.2) is 0 Å². The first-order valence-corrected chi connectivity index (χ1v) is 5.57. The highest BCUT2D eigenvalue weighted by molar-refractivity contribution is 9.10. The Hall–Kier alpha value is -1.07. The molecule has 0 aromatic carbocycles. The van der Waals surface area contributed by atoms with Crippen molar-refractivity contribution in [3.05, 3.63) is 39.4 Å². The van der Waals surface area contributed by atoms with Crippen molar-refractivity contribution in [1.82, 2.24) is 0 Å². The number of thiophene rings is 1. The van der Waals surface area contributed by atoms with Gasteiger partial charge in [-0.2, -0.15) is 11.3 Å². The molecule has 1 N–H and O–H groups in total. The smallest absolute Gasteiger partial charge is 0.260 e. The molecule has 0 radical (unpaired) electrons. The molecule has 5 heteroatoms. The molecule has 0 fully saturated rings. The van der Waals surface area contributed by atoms with Crippen molar-refractivity contribution in [3.8, 4) is 0 Å². The summed E-state index contributed by atoms with van der Waals surface area (Å²) in [7, 11) is 0. The van der Waals surface area contributed by atoms with Crippen molar-refractivity contribution in [1.29, 1.82) is 0 Å². The van der Waals surface area contributed by atoms with Gasteiger partial charge in [-0.15, -0.1) is 0 Å². The van der Waals surface area contributed by atoms with Crippen LogP contribution in [0, 0.1) is 0 Å². The maximum Gasteiger partial charge on any atom is 0.260 e. The van der Waals surface area contributed by atoms with E-state index in [0.29, 0.717) is 10.2 Å². The predicted molar refractivity (Wildman–Crippen MR) is 58.7 cm³/mol. The lowest BCUT2D eigenvalue weighted by molar-refractivity contribution is 0.102. The molecule has 0 saturated heterocycles. The average Bonchev–Trinajstić information content (AvgIpc) is 2.75. The van der Waals surface area contributed by atoms with Gasteiger partial charge in [-0.1, -0.05) is 0 Å². The van der Waals surface area contributed by atoms with Crippen LogP contribution in [0.2, 0.25) is 0 Å². The Bertz CT molecular complexity index is 435. The molecule has 72 valence electrons. The van der Waals surface area contributed by atoms with Crippen molar-refractivity contribution in [2.75, 3.05) is 5.32 Å². The molecule has 2 aromatic rings. The molecule has 0 spiro atoms. The van der Waals surface area contributed by atoms with E-state index in [0.717, 1.165) is 5.69 Å². The van der Waals surface area contributed by atoms with Crippen LogP contribution in [-0.4, -0.2) is 5.91 Å². The molecule has 0 unspecified atom stereocenters. The van der Waals surface area contributed by atoms with Gasteiger partial charge in [0.25, 0.3) is 5.91 Å². The summed E-state index contributed by atoms with van der Waals surface area (Å²) in [6, 6.07) is 3.46. The van der Waals surface area contributed by atoms with E-state index in [2.05, 4.69) is 21.2 Å². The van der Waals surface area contributed by atoms with Gasteiger partial charge >= 0.3 is 0 Å². The van der Waals surface area contributed by atoms with Gasteiger partial charge in [0.2, 0.25) is 0 Å². The van der Waals surface area contributed by atoms with Crippen LogP contribution >= 0.6 is 27.3 Å². The summed E-state index contributed by atoms with van der Waals surface area (Å²) in [5.41, 5.74) is 1.30. The maximum atomic E-state index is 11.6. The fourth-order valence-electron chi connectivity index (χ4n) is 0.990. The molecule has 0 saturated carbocycles. The minimum Gasteiger partial charge on any atom is -0.457 e. The second-order valence-corrected chi connectivity index (χ2v) is 4.07. The van der Waals surface area contributed by atoms with E-state index in [1.807, 2.05) is 16.8 Å². The molecule has 1 amide bonds. The zero-order valence-corrected chi connectivity index (χ0v) is 9.39. The monoisotopic (exact) mass is 271 g/mol. The maximum absolute atomic E-state index is 11.6. The summed E-state index contributed by atoms with van der Waals surface area (Å²) >= 11 is 4.68. The number of nitrogens with one attached hydrogen (secondary N) is 1. The Kier molecular flexibility index (Phi) is 2.69. The Morgan fingerprint density at radius 2 is 2.36 bits per heavy atom. The molecule has 2 aromatic heterocycles. The predicted octanol–water partition coefficient (Wildman–Crippen LogP) is 3.36. The summed E-state index contributed by atoms with van der Waals surface area (Å²) in [5, 5.41) is 6.52. The molecular formula is C9H6BrNO2S. The van der Waals surface area contributed by atoms with Gasteiger partial charge in [0.1, 0.15) is 0 Å². The van der Waals surface area contributed by atoms with Gasteiger partial charge in [0.05, 0.1) is 17.5 Å². The fraction of sp³-hybridized carbons (Fsp3) is 0. The molecule has 3 nitrogen and oxygen atoms in total. The summed E-state index contributed by atoms with van der Waals surface area (Å²) in [6.07, 6.45) is 1.46. The highest BCUT2D eigenvalue weighted by Gasteiger charge is 2.12. The number of furan rings is 1. The first-order valence-electron chi connectivity index (χ1n) is 3.84. The van der Waals surface area contributed by atoms with Crippen molar-refractivity contribution < 1.29 is 9.21 Å². The SMILES string of the molecule is O=C(Nc1ccsc1)c1ccoc1Br. The molecule has 0 atom stereocenters. The number of anilines is 1. The van der Waals surface area contributed by atoms with Crippen LogP contribution in [0.1, 0.15) is 10.4 Å². The van der Waals surface area contributed by atoms with Crippen LogP contribution in [0.25, 0.3) is 0 Å². The van der Waals surface area contributed by atoms with E-state index < -0.39 is 0 Å². The first-order chi connectivity index (χ1) is 6.77. The minimum absolute atomic E-state index is 0.177. The Morgan fingerprint density at radius 1 is 1.50 bits per heavy atom. The zero-order chi connectivity index (χ0) is 9.97. The second-order valence-electron chi connectivity index (χ2n) is 2.57. The quantitative estimate of drug-likeness (QED) is 0.910. The Balaban J connectivity index is 2.14. The minimum atomic E-state index is -0.177. The van der Waals surface area contributed by atoms with E-state index in [-0.39, 0.29) is 5.91 Å². The van der Waals surface area contributed by atoms with Crippen LogP contribution in [0.15, 0.2) is 38.2 Å². The van der Waals surface area contributed by atoms with Crippen LogP contribution < -0.4 is 5.32 Å². The third kappa shape index (κ3) is 1.88. The number of halogens is 1. The molecule has 2 heterocycles. The van der Waals surface area contributed by atoms with Gasteiger partial charge in [-0.3, -0.25) is 4.79 Å². The summed E-state index contributed by atoms with van der Waals surface area (Å²) in [5.74, 6) is -0.177. The summed E-state index contributed by atoms with van der Waals surface area (Å²) < 4.78 is 5.41. The summed E-state index contributed by atoms with van der Waals surface area (Å²) in [6.45, 7) is 0. The lowest BCUT2D eigenvalue weighted by Gasteiger charge is -1.99. The van der Waals surface area contributed by atoms with Crippen LogP contribution in [0.5, 0.6) is 0 Å². The highest BCUT2D eigenvalue weighted by Crippen LogP contribution is 2.19. The number of hydrogen-bond acceptors (Lipinski definition) is 3. The van der Waals surface area contributed by atoms with Crippen LogP contribution in [-0.2, 0) is 0 Å². The number of carbonyl (C=O) groups is 1. The number of carbonyl (C=O) groups excluding carboxylic acids is 1. The van der Waals surface area contributed by atoms with Crippen molar-refractivity contribution in [2.24, 2.45) is 0 Å². The third-order valence-electron chi connectivity index (χ3n) is 1.64. The lowest BCUT2D eigenvalue weighted by Crippen LogP contribution is -2.10. The van der Waals surface area contributed by atoms with Crippen LogP contribution in [0.3, 0.4) is 0 Å². The zero-order valence-electron chi connectivity index (χ0n) is 6.99. The van der Waals surface area contributed by atoms with E-state index in [1.54, 1.807) is 6.07 Å². The Morgan fingerprint density at radius 3 is 2.93 bits per heavy atom. The molecule has 14 heavy (non-hydrogen) atoms. The molecule has 0 aliphatic rings. The third-order valence-corrected chi connectivity index (χ3v) is 2.94. The van der Waals surface area contributed by atoms with Crippen molar-refractivity contribution in [3.63, 3.8) is 0 Å². The van der Waals surface area contributed by atoms with Gasteiger partial charge < -0.3 is 9.73 Å². The van der Waals surface area contributed by atoms with Crippen LogP contribution in [0.4, 0.5) is 5.69 Å². The molecule has 0 aliphatic heterocycles. The highest BCUT2D eigenvalue weighted by atomic mass is 79.9. The number of amides is 1. The largest absolute Gasteiger partial charge is 0.457 e. The summed E-state index contributed by atoms with van der Waals surface area (Å²) in [4.78, 5) is 11.6. The molecule has 0 aliphatic carbocycles. The Labute approximate surface area is 92.9 Å². The second kappa shape index (κ2) is 3.98. The topological polar surface area (TPSA) is 42.2 Å². The van der Waals surface area contributed by atoms with Crippen molar-refractivity contribution >= 4 is 38.9 Å². The first kappa shape index (κ1) is 9.48. The average molecular weight is 272 g/mol. The standard InChI is InChI=1S/C9H6BrNO2S/c10-8-7(1-3-13-8)9(12)11-6-2-4-14-5-6/h1-5H,(H,11,12). The number of rotatable bonds is 2. The molecular weight excluding hydrogens is 266 g/mol. The van der Waals surface area contributed by atoms with Gasteiger partial charge in [-0.05, 0) is 33.4 Å². The van der Waals surface area contributed by atoms with Gasteiger partial charge in [0, 0.05) is 5.38 Å². The van der Waals surface area contributed by atoms with E-state index in [1.165, 1.54) is 17.6 Å². The fourth-order valence-corrected chi connectivity index (χ4v) is 2.00. The van der Waals surface area contributed by atoms with E-state index >= 15 is 0 Å². The van der Waals surface area contributed by atoms with E-state index in [9.17, 15) is 4.79 Å². The molecule has 2 rings (SSSR count). The normalized spacial score (nSPS) is 10.1. The van der Waals surface area contributed by atoms with Crippen molar-refractivity contribution in [2.45, 2.75) is 0 Å².